The van der Waals surface area contributed by atoms with E-state index in [1.54, 1.807) is 0 Å². The molecule has 0 saturated heterocycles. The van der Waals surface area contributed by atoms with Gasteiger partial charge in [0.2, 0.25) is 0 Å². The highest BCUT2D eigenvalue weighted by Gasteiger charge is 2.14. The molecule has 1 heterocycles. The lowest BCUT2D eigenvalue weighted by Gasteiger charge is -2.28. The van der Waals surface area contributed by atoms with Crippen LogP contribution in [-0.2, 0) is 6.54 Å². The van der Waals surface area contributed by atoms with Gasteiger partial charge in [-0.25, -0.2) is 4.98 Å². The number of pyridine rings is 1. The van der Waals surface area contributed by atoms with Crippen molar-refractivity contribution in [1.29, 1.82) is 0 Å². The maximum atomic E-state index is 4.85. The van der Waals surface area contributed by atoms with E-state index < -0.39 is 0 Å². The summed E-state index contributed by atoms with van der Waals surface area (Å²) in [5, 5.41) is 3.23. The summed E-state index contributed by atoms with van der Waals surface area (Å²) in [5.74, 6) is 1.58. The third-order valence-electron chi connectivity index (χ3n) is 3.25. The third-order valence-corrected chi connectivity index (χ3v) is 3.25. The van der Waals surface area contributed by atoms with Gasteiger partial charge in [0.15, 0.2) is 0 Å². The molecule has 0 aliphatic rings. The van der Waals surface area contributed by atoms with Crippen molar-refractivity contribution in [2.24, 2.45) is 0 Å². The summed E-state index contributed by atoms with van der Waals surface area (Å²) in [6, 6.07) is 4.92. The van der Waals surface area contributed by atoms with Crippen molar-refractivity contribution in [2.75, 3.05) is 18.5 Å². The minimum absolute atomic E-state index is 0.464. The molecule has 19 heavy (non-hydrogen) atoms. The standard InChI is InChI=1S/C16H29N3/c1-7-8-19(13(4)5)16-10-14(11-17-6)9-15(18-16)12(2)3/h9-10,12-13,17H,7-8,11H2,1-6H3. The van der Waals surface area contributed by atoms with Crippen LogP contribution in [0.15, 0.2) is 12.1 Å². The Kier molecular flexibility index (Phi) is 6.29. The van der Waals surface area contributed by atoms with E-state index in [2.05, 4.69) is 57.0 Å². The predicted octanol–water partition coefficient (Wildman–Crippen LogP) is 3.55. The second kappa shape index (κ2) is 7.49. The molecule has 1 N–H and O–H groups in total. The molecule has 0 fully saturated rings. The topological polar surface area (TPSA) is 28.2 Å². The highest BCUT2D eigenvalue weighted by Crippen LogP contribution is 2.22. The Morgan fingerprint density at radius 2 is 1.89 bits per heavy atom. The summed E-state index contributed by atoms with van der Waals surface area (Å²) in [7, 11) is 1.99. The van der Waals surface area contributed by atoms with Crippen molar-refractivity contribution in [3.8, 4) is 0 Å². The normalized spacial score (nSPS) is 11.4. The third kappa shape index (κ3) is 4.50. The van der Waals surface area contributed by atoms with Gasteiger partial charge in [0.1, 0.15) is 5.82 Å². The fourth-order valence-electron chi connectivity index (χ4n) is 2.22. The van der Waals surface area contributed by atoms with Crippen LogP contribution in [-0.4, -0.2) is 24.6 Å². The highest BCUT2D eigenvalue weighted by molar-refractivity contribution is 5.44. The van der Waals surface area contributed by atoms with E-state index >= 15 is 0 Å². The second-order valence-corrected chi connectivity index (χ2v) is 5.73. The largest absolute Gasteiger partial charge is 0.354 e. The van der Waals surface area contributed by atoms with E-state index in [9.17, 15) is 0 Å². The Morgan fingerprint density at radius 1 is 1.21 bits per heavy atom. The molecule has 0 radical (unpaired) electrons. The van der Waals surface area contributed by atoms with E-state index in [0.717, 1.165) is 25.3 Å². The lowest BCUT2D eigenvalue weighted by atomic mass is 10.1. The molecule has 0 aliphatic heterocycles. The van der Waals surface area contributed by atoms with Gasteiger partial charge in [-0.1, -0.05) is 20.8 Å². The van der Waals surface area contributed by atoms with Crippen molar-refractivity contribution in [2.45, 2.75) is 59.5 Å². The summed E-state index contributed by atoms with van der Waals surface area (Å²) in [5.41, 5.74) is 2.50. The predicted molar refractivity (Wildman–Crippen MR) is 83.9 cm³/mol. The summed E-state index contributed by atoms with van der Waals surface area (Å²) in [4.78, 5) is 7.25. The van der Waals surface area contributed by atoms with Gasteiger partial charge >= 0.3 is 0 Å². The van der Waals surface area contributed by atoms with E-state index in [1.165, 1.54) is 11.3 Å². The molecule has 3 heteroatoms. The van der Waals surface area contributed by atoms with Gasteiger partial charge in [0.25, 0.3) is 0 Å². The summed E-state index contributed by atoms with van der Waals surface area (Å²) in [6.07, 6.45) is 1.15. The smallest absolute Gasteiger partial charge is 0.129 e. The monoisotopic (exact) mass is 263 g/mol. The SMILES string of the molecule is CCCN(c1cc(CNC)cc(C(C)C)n1)C(C)C. The summed E-state index contributed by atoms with van der Waals surface area (Å²) < 4.78 is 0. The van der Waals surface area contributed by atoms with Gasteiger partial charge in [-0.3, -0.25) is 0 Å². The average Bonchev–Trinajstić information content (AvgIpc) is 2.35. The lowest BCUT2D eigenvalue weighted by Crippen LogP contribution is -2.32. The van der Waals surface area contributed by atoms with Crippen LogP contribution in [0.3, 0.4) is 0 Å². The molecule has 0 bridgehead atoms. The Morgan fingerprint density at radius 3 is 2.37 bits per heavy atom. The van der Waals surface area contributed by atoms with Crippen molar-refractivity contribution < 1.29 is 0 Å². The van der Waals surface area contributed by atoms with E-state index in [-0.39, 0.29) is 0 Å². The maximum Gasteiger partial charge on any atom is 0.129 e. The van der Waals surface area contributed by atoms with Crippen LogP contribution >= 0.6 is 0 Å². The molecule has 0 aromatic carbocycles. The van der Waals surface area contributed by atoms with Crippen LogP contribution in [0, 0.1) is 0 Å². The molecular formula is C16H29N3. The molecule has 0 aliphatic carbocycles. The molecule has 3 nitrogen and oxygen atoms in total. The van der Waals surface area contributed by atoms with Gasteiger partial charge in [-0.05, 0) is 50.9 Å². The highest BCUT2D eigenvalue weighted by atomic mass is 15.2. The number of aromatic nitrogens is 1. The van der Waals surface area contributed by atoms with Crippen LogP contribution in [0.5, 0.6) is 0 Å². The van der Waals surface area contributed by atoms with Gasteiger partial charge in [-0.2, -0.15) is 0 Å². The first kappa shape index (κ1) is 16.0. The maximum absolute atomic E-state index is 4.85. The fourth-order valence-corrected chi connectivity index (χ4v) is 2.22. The zero-order valence-electron chi connectivity index (χ0n) is 13.3. The van der Waals surface area contributed by atoms with Crippen LogP contribution in [0.1, 0.15) is 58.2 Å². The quantitative estimate of drug-likeness (QED) is 0.815. The van der Waals surface area contributed by atoms with E-state index in [4.69, 9.17) is 4.98 Å². The van der Waals surface area contributed by atoms with Crippen molar-refractivity contribution in [3.05, 3.63) is 23.4 Å². The molecule has 0 unspecified atom stereocenters. The minimum atomic E-state index is 0.464. The fraction of sp³-hybridized carbons (Fsp3) is 0.688. The molecule has 1 aromatic heterocycles. The first-order chi connectivity index (χ1) is 8.99. The van der Waals surface area contributed by atoms with Crippen molar-refractivity contribution >= 4 is 5.82 Å². The lowest BCUT2D eigenvalue weighted by molar-refractivity contribution is 0.655. The Labute approximate surface area is 118 Å². The van der Waals surface area contributed by atoms with Crippen molar-refractivity contribution in [3.63, 3.8) is 0 Å². The molecular weight excluding hydrogens is 234 g/mol. The molecule has 0 spiro atoms. The van der Waals surface area contributed by atoms with Crippen LogP contribution in [0.25, 0.3) is 0 Å². The number of anilines is 1. The zero-order chi connectivity index (χ0) is 14.4. The molecule has 0 atom stereocenters. The number of nitrogens with one attached hydrogen (secondary N) is 1. The number of hydrogen-bond acceptors (Lipinski definition) is 3. The first-order valence-corrected chi connectivity index (χ1v) is 7.41. The summed E-state index contributed by atoms with van der Waals surface area (Å²) >= 11 is 0. The molecule has 0 saturated carbocycles. The first-order valence-electron chi connectivity index (χ1n) is 7.41. The Bertz CT molecular complexity index is 386. The van der Waals surface area contributed by atoms with Crippen molar-refractivity contribution in [1.82, 2.24) is 10.3 Å². The van der Waals surface area contributed by atoms with E-state index in [1.807, 2.05) is 7.05 Å². The Balaban J connectivity index is 3.15. The number of nitrogens with zero attached hydrogens (tertiary/aromatic N) is 2. The van der Waals surface area contributed by atoms with Crippen LogP contribution in [0.4, 0.5) is 5.82 Å². The minimum Gasteiger partial charge on any atom is -0.354 e. The number of hydrogen-bond donors (Lipinski definition) is 1. The average molecular weight is 263 g/mol. The number of rotatable bonds is 7. The van der Waals surface area contributed by atoms with Gasteiger partial charge in [0, 0.05) is 24.8 Å². The molecule has 1 rings (SSSR count). The van der Waals surface area contributed by atoms with Gasteiger partial charge in [-0.15, -0.1) is 0 Å². The Hall–Kier alpha value is -1.09. The van der Waals surface area contributed by atoms with Crippen LogP contribution < -0.4 is 10.2 Å². The van der Waals surface area contributed by atoms with Gasteiger partial charge in [0.05, 0.1) is 0 Å². The molecule has 108 valence electrons. The second-order valence-electron chi connectivity index (χ2n) is 5.73. The van der Waals surface area contributed by atoms with Gasteiger partial charge < -0.3 is 10.2 Å². The van der Waals surface area contributed by atoms with Crippen LogP contribution in [0.2, 0.25) is 0 Å². The summed E-state index contributed by atoms with van der Waals surface area (Å²) in [6.45, 7) is 13.0. The zero-order valence-corrected chi connectivity index (χ0v) is 13.3. The molecule has 1 aromatic rings. The van der Waals surface area contributed by atoms with E-state index in [0.29, 0.717) is 12.0 Å². The molecule has 0 amide bonds.